The summed E-state index contributed by atoms with van der Waals surface area (Å²) >= 11 is 0. The second-order valence-corrected chi connectivity index (χ2v) is 1.64. The number of primary amides is 1. The highest BCUT2D eigenvalue weighted by molar-refractivity contribution is 6.06. The van der Waals surface area contributed by atoms with Gasteiger partial charge in [-0.1, -0.05) is 0 Å². The molecule has 0 aromatic carbocycles. The summed E-state index contributed by atoms with van der Waals surface area (Å²) in [6.07, 6.45) is 0. The Morgan fingerprint density at radius 3 is 1.67 bits per heavy atom. The number of nitriles is 2. The van der Waals surface area contributed by atoms with Crippen LogP contribution in [0.2, 0.25) is 0 Å². The second kappa shape index (κ2) is 3.74. The first-order valence-corrected chi connectivity index (χ1v) is 2.62. The Morgan fingerprint density at radius 2 is 1.58 bits per heavy atom. The van der Waals surface area contributed by atoms with E-state index in [9.17, 15) is 9.59 Å². The minimum atomic E-state index is -1.65. The van der Waals surface area contributed by atoms with Crippen molar-refractivity contribution in [1.82, 2.24) is 0 Å². The molecule has 0 aromatic heterocycles. The van der Waals surface area contributed by atoms with Gasteiger partial charge in [0.15, 0.2) is 5.57 Å². The molecule has 0 heterocycles. The zero-order valence-electron chi connectivity index (χ0n) is 5.74. The molecule has 0 saturated carbocycles. The molecule has 3 N–H and O–H groups in total. The number of rotatable bonds is 2. The third-order valence-corrected chi connectivity index (χ3v) is 0.934. The van der Waals surface area contributed by atoms with E-state index in [0.717, 1.165) is 0 Å². The number of nitrogens with two attached hydrogens (primary N) is 1. The molecule has 60 valence electrons. The van der Waals surface area contributed by atoms with Crippen molar-refractivity contribution in [3.05, 3.63) is 11.1 Å². The zero-order chi connectivity index (χ0) is 9.72. The average Bonchev–Trinajstić information content (AvgIpc) is 1.98. The molecule has 6 nitrogen and oxygen atoms in total. The van der Waals surface area contributed by atoms with Crippen LogP contribution in [-0.4, -0.2) is 17.0 Å². The third-order valence-electron chi connectivity index (χ3n) is 0.934. The lowest BCUT2D eigenvalue weighted by Gasteiger charge is -1.91. The Balaban J connectivity index is 5.40. The van der Waals surface area contributed by atoms with Crippen LogP contribution in [0.5, 0.6) is 0 Å². The van der Waals surface area contributed by atoms with Crippen molar-refractivity contribution in [3.63, 3.8) is 0 Å². The molecule has 0 spiro atoms. The van der Waals surface area contributed by atoms with Gasteiger partial charge in [0.05, 0.1) is 0 Å². The van der Waals surface area contributed by atoms with E-state index in [1.807, 2.05) is 0 Å². The molecule has 12 heavy (non-hydrogen) atoms. The van der Waals surface area contributed by atoms with E-state index < -0.39 is 23.0 Å². The Bertz CT molecular complexity index is 308. The number of nitrogens with zero attached hydrogens (tertiary/aromatic N) is 2. The van der Waals surface area contributed by atoms with Crippen LogP contribution >= 0.6 is 0 Å². The number of carbonyl (C=O) groups excluding carboxylic acids is 1. The SMILES string of the molecule is N#C/C(C(N)=O)=C(\C#N)C(=O)O. The van der Waals surface area contributed by atoms with Gasteiger partial charge in [0.2, 0.25) is 0 Å². The van der Waals surface area contributed by atoms with Crippen LogP contribution in [0.3, 0.4) is 0 Å². The van der Waals surface area contributed by atoms with Crippen LogP contribution in [0.4, 0.5) is 0 Å². The summed E-state index contributed by atoms with van der Waals surface area (Å²) in [5.41, 5.74) is 2.85. The van der Waals surface area contributed by atoms with E-state index in [4.69, 9.17) is 15.6 Å². The van der Waals surface area contributed by atoms with Gasteiger partial charge in [-0.25, -0.2) is 4.79 Å². The van der Waals surface area contributed by atoms with Crippen LogP contribution in [0, 0.1) is 22.7 Å². The molecule has 0 aliphatic carbocycles. The summed E-state index contributed by atoms with van der Waals surface area (Å²) in [6.45, 7) is 0. The molecular formula is C6H3N3O3. The number of carboxylic acids is 1. The van der Waals surface area contributed by atoms with Crippen molar-refractivity contribution in [2.24, 2.45) is 5.73 Å². The number of amides is 1. The monoisotopic (exact) mass is 165 g/mol. The van der Waals surface area contributed by atoms with Crippen LogP contribution in [0.1, 0.15) is 0 Å². The predicted octanol–water partition coefficient (Wildman–Crippen LogP) is -1.10. The maximum absolute atomic E-state index is 10.4. The molecule has 0 saturated heterocycles. The molecular weight excluding hydrogens is 162 g/mol. The van der Waals surface area contributed by atoms with Crippen molar-refractivity contribution in [2.75, 3.05) is 0 Å². The minimum absolute atomic E-state index is 0.843. The summed E-state index contributed by atoms with van der Waals surface area (Å²) in [5, 5.41) is 24.7. The first-order chi connectivity index (χ1) is 5.54. The smallest absolute Gasteiger partial charge is 0.348 e. The van der Waals surface area contributed by atoms with Gasteiger partial charge in [0.1, 0.15) is 17.7 Å². The molecule has 0 radical (unpaired) electrons. The van der Waals surface area contributed by atoms with Gasteiger partial charge < -0.3 is 10.8 Å². The van der Waals surface area contributed by atoms with Gasteiger partial charge >= 0.3 is 5.97 Å². The summed E-state index contributed by atoms with van der Waals surface area (Å²) < 4.78 is 0. The number of carboxylic acid groups (broad SMARTS) is 1. The van der Waals surface area contributed by atoms with E-state index in [1.165, 1.54) is 12.1 Å². The quantitative estimate of drug-likeness (QED) is 0.396. The first-order valence-electron chi connectivity index (χ1n) is 2.62. The van der Waals surface area contributed by atoms with Crippen LogP contribution in [-0.2, 0) is 9.59 Å². The Kier molecular flexibility index (Phi) is 3.01. The predicted molar refractivity (Wildman–Crippen MR) is 35.1 cm³/mol. The Morgan fingerprint density at radius 1 is 1.17 bits per heavy atom. The maximum Gasteiger partial charge on any atom is 0.348 e. The van der Waals surface area contributed by atoms with Crippen LogP contribution in [0.15, 0.2) is 11.1 Å². The standard InChI is InChI=1S/C6H3N3O3/c7-1-3(5(9)10)4(2-8)6(11)12/h(H2,9,10)(H,11,12)/b4-3-. The topological polar surface area (TPSA) is 128 Å². The van der Waals surface area contributed by atoms with Crippen molar-refractivity contribution in [1.29, 1.82) is 10.5 Å². The first kappa shape index (κ1) is 9.66. The van der Waals surface area contributed by atoms with Crippen LogP contribution in [0.25, 0.3) is 0 Å². The highest BCUT2D eigenvalue weighted by atomic mass is 16.4. The molecule has 0 bridgehead atoms. The summed E-state index contributed by atoms with van der Waals surface area (Å²) in [4.78, 5) is 20.6. The average molecular weight is 165 g/mol. The fraction of sp³-hybridized carbons (Fsp3) is 0. The van der Waals surface area contributed by atoms with Gasteiger partial charge in [-0.15, -0.1) is 0 Å². The highest BCUT2D eigenvalue weighted by Crippen LogP contribution is 2.01. The number of hydrogen-bond acceptors (Lipinski definition) is 4. The molecule has 0 atom stereocenters. The van der Waals surface area contributed by atoms with Crippen molar-refractivity contribution >= 4 is 11.9 Å². The lowest BCUT2D eigenvalue weighted by atomic mass is 10.1. The molecule has 0 aliphatic heterocycles. The summed E-state index contributed by atoms with van der Waals surface area (Å²) in [6, 6.07) is 2.43. The summed E-state index contributed by atoms with van der Waals surface area (Å²) in [5.74, 6) is -2.87. The van der Waals surface area contributed by atoms with Gasteiger partial charge in [-0.05, 0) is 0 Å². The van der Waals surface area contributed by atoms with E-state index in [1.54, 1.807) is 0 Å². The highest BCUT2D eigenvalue weighted by Gasteiger charge is 2.17. The number of hydrogen-bond donors (Lipinski definition) is 2. The fourth-order valence-electron chi connectivity index (χ4n) is 0.445. The van der Waals surface area contributed by atoms with E-state index in [0.29, 0.717) is 0 Å². The van der Waals surface area contributed by atoms with Crippen molar-refractivity contribution in [2.45, 2.75) is 0 Å². The van der Waals surface area contributed by atoms with Crippen LogP contribution < -0.4 is 5.73 Å². The molecule has 1 amide bonds. The number of carbonyl (C=O) groups is 2. The Hall–Kier alpha value is -2.34. The van der Waals surface area contributed by atoms with Gasteiger partial charge in [0, 0.05) is 0 Å². The molecule has 0 aromatic rings. The van der Waals surface area contributed by atoms with Gasteiger partial charge in [-0.2, -0.15) is 10.5 Å². The molecule has 6 heteroatoms. The minimum Gasteiger partial charge on any atom is -0.477 e. The fourth-order valence-corrected chi connectivity index (χ4v) is 0.445. The largest absolute Gasteiger partial charge is 0.477 e. The van der Waals surface area contributed by atoms with E-state index in [-0.39, 0.29) is 0 Å². The molecule has 0 unspecified atom stereocenters. The van der Waals surface area contributed by atoms with Gasteiger partial charge in [0.25, 0.3) is 5.91 Å². The molecule has 0 aliphatic rings. The summed E-state index contributed by atoms with van der Waals surface area (Å²) in [7, 11) is 0. The van der Waals surface area contributed by atoms with E-state index >= 15 is 0 Å². The zero-order valence-corrected chi connectivity index (χ0v) is 5.74. The second-order valence-electron chi connectivity index (χ2n) is 1.64. The van der Waals surface area contributed by atoms with Crippen molar-refractivity contribution < 1.29 is 14.7 Å². The molecule has 0 rings (SSSR count). The Labute approximate surface area is 67.1 Å². The normalized spacial score (nSPS) is 10.5. The lowest BCUT2D eigenvalue weighted by Crippen LogP contribution is -2.17. The van der Waals surface area contributed by atoms with E-state index in [2.05, 4.69) is 5.73 Å². The molecule has 0 fully saturated rings. The van der Waals surface area contributed by atoms with Gasteiger partial charge in [-0.3, -0.25) is 4.79 Å². The lowest BCUT2D eigenvalue weighted by molar-refractivity contribution is -0.132. The number of aliphatic carboxylic acids is 1. The van der Waals surface area contributed by atoms with Crippen molar-refractivity contribution in [3.8, 4) is 12.1 Å². The third kappa shape index (κ3) is 1.82. The maximum atomic E-state index is 10.4.